The number of rotatable bonds is 5. The molecular weight excluding hydrogens is 296 g/mol. The molecule has 124 valence electrons. The largest absolute Gasteiger partial charge is 0.478 e. The fourth-order valence-corrected chi connectivity index (χ4v) is 2.12. The molecule has 2 aromatic rings. The zero-order valence-electron chi connectivity index (χ0n) is 13.6. The molecule has 0 aliphatic rings. The number of aryl methyl sites for hydroxylation is 1. The van der Waals surface area contributed by atoms with Crippen molar-refractivity contribution in [2.45, 2.75) is 13.3 Å². The standard InChI is InChI=1S/C13H18N2.C4H4O4/c1-11-10-15-8-5-4-6-13(15)12(11)7-9-14(2)3;5-3(6)1-2-4(7)8/h4-6,8,10H,7,9H2,1-3H3;1-2H,(H,5,6)(H,7,8)/b;2-1-. The maximum absolute atomic E-state index is 9.55. The number of nitrogens with zero attached hydrogens (tertiary/aromatic N) is 2. The van der Waals surface area contributed by atoms with Crippen molar-refractivity contribution in [2.24, 2.45) is 0 Å². The van der Waals surface area contributed by atoms with Crippen molar-refractivity contribution in [1.82, 2.24) is 9.30 Å². The van der Waals surface area contributed by atoms with Crippen LogP contribution in [-0.4, -0.2) is 52.1 Å². The van der Waals surface area contributed by atoms with Crippen LogP contribution < -0.4 is 0 Å². The molecule has 0 atom stereocenters. The lowest BCUT2D eigenvalue weighted by atomic mass is 10.1. The van der Waals surface area contributed by atoms with Gasteiger partial charge < -0.3 is 19.5 Å². The van der Waals surface area contributed by atoms with E-state index in [1.807, 2.05) is 0 Å². The van der Waals surface area contributed by atoms with E-state index in [1.165, 1.54) is 16.6 Å². The fraction of sp³-hybridized carbons (Fsp3) is 0.294. The Labute approximate surface area is 135 Å². The first-order chi connectivity index (χ1) is 10.8. The van der Waals surface area contributed by atoms with Gasteiger partial charge in [0.1, 0.15) is 0 Å². The molecule has 0 saturated heterocycles. The molecule has 0 radical (unpaired) electrons. The Kier molecular flexibility index (Phi) is 7.02. The van der Waals surface area contributed by atoms with Gasteiger partial charge in [0.15, 0.2) is 0 Å². The molecule has 0 unspecified atom stereocenters. The van der Waals surface area contributed by atoms with Crippen LogP contribution in [0.1, 0.15) is 11.1 Å². The molecule has 0 fully saturated rings. The Morgan fingerprint density at radius 2 is 1.78 bits per heavy atom. The molecule has 6 nitrogen and oxygen atoms in total. The van der Waals surface area contributed by atoms with Gasteiger partial charge in [-0.25, -0.2) is 9.59 Å². The number of pyridine rings is 1. The third kappa shape index (κ3) is 6.36. The van der Waals surface area contributed by atoms with Crippen molar-refractivity contribution in [3.63, 3.8) is 0 Å². The number of fused-ring (bicyclic) bond motifs is 1. The predicted octanol–water partition coefficient (Wildman–Crippen LogP) is 2.06. The van der Waals surface area contributed by atoms with E-state index in [2.05, 4.69) is 60.9 Å². The number of carboxylic acids is 2. The summed E-state index contributed by atoms with van der Waals surface area (Å²) in [4.78, 5) is 21.3. The number of likely N-dealkylation sites (N-methyl/N-ethyl adjacent to an activating group) is 1. The molecule has 0 amide bonds. The molecule has 23 heavy (non-hydrogen) atoms. The third-order valence-corrected chi connectivity index (χ3v) is 3.19. The number of carboxylic acid groups (broad SMARTS) is 2. The highest BCUT2D eigenvalue weighted by Crippen LogP contribution is 2.18. The zero-order valence-corrected chi connectivity index (χ0v) is 13.6. The Hall–Kier alpha value is -2.60. The summed E-state index contributed by atoms with van der Waals surface area (Å²) in [7, 11) is 4.24. The molecule has 0 aliphatic heterocycles. The van der Waals surface area contributed by atoms with E-state index >= 15 is 0 Å². The quantitative estimate of drug-likeness (QED) is 0.825. The van der Waals surface area contributed by atoms with Gasteiger partial charge in [0.25, 0.3) is 0 Å². The molecule has 0 spiro atoms. The summed E-state index contributed by atoms with van der Waals surface area (Å²) < 4.78 is 2.21. The van der Waals surface area contributed by atoms with Crippen LogP contribution in [0.25, 0.3) is 5.52 Å². The molecule has 0 aromatic carbocycles. The lowest BCUT2D eigenvalue weighted by Crippen LogP contribution is -2.15. The molecule has 2 rings (SSSR count). The second-order valence-electron chi connectivity index (χ2n) is 5.35. The first-order valence-electron chi connectivity index (χ1n) is 7.15. The highest BCUT2D eigenvalue weighted by molar-refractivity contribution is 5.89. The van der Waals surface area contributed by atoms with Crippen LogP contribution in [0.3, 0.4) is 0 Å². The highest BCUT2D eigenvalue weighted by atomic mass is 16.4. The van der Waals surface area contributed by atoms with Gasteiger partial charge in [-0.3, -0.25) is 0 Å². The van der Waals surface area contributed by atoms with Crippen LogP contribution >= 0.6 is 0 Å². The van der Waals surface area contributed by atoms with Crippen LogP contribution in [0.15, 0.2) is 42.7 Å². The summed E-state index contributed by atoms with van der Waals surface area (Å²) in [6, 6.07) is 6.37. The minimum atomic E-state index is -1.26. The average Bonchev–Trinajstić information content (AvgIpc) is 2.79. The van der Waals surface area contributed by atoms with E-state index in [-0.39, 0.29) is 0 Å². The Bertz CT molecular complexity index is 686. The van der Waals surface area contributed by atoms with Gasteiger partial charge in [-0.05, 0) is 50.7 Å². The number of aromatic nitrogens is 1. The second kappa shape index (κ2) is 8.75. The van der Waals surface area contributed by atoms with Crippen molar-refractivity contribution < 1.29 is 19.8 Å². The normalized spacial score (nSPS) is 10.8. The number of carbonyl (C=O) groups is 2. The molecule has 2 aromatic heterocycles. The number of aliphatic carboxylic acids is 2. The summed E-state index contributed by atoms with van der Waals surface area (Å²) in [5.41, 5.74) is 4.21. The smallest absolute Gasteiger partial charge is 0.328 e. The van der Waals surface area contributed by atoms with E-state index in [0.29, 0.717) is 12.2 Å². The minimum absolute atomic E-state index is 0.558. The summed E-state index contributed by atoms with van der Waals surface area (Å²) in [5, 5.41) is 15.6. The van der Waals surface area contributed by atoms with Crippen LogP contribution in [-0.2, 0) is 16.0 Å². The highest BCUT2D eigenvalue weighted by Gasteiger charge is 2.06. The van der Waals surface area contributed by atoms with Crippen molar-refractivity contribution in [1.29, 1.82) is 0 Å². The molecular formula is C17H22N2O4. The zero-order chi connectivity index (χ0) is 17.4. The number of hydrogen-bond acceptors (Lipinski definition) is 3. The Balaban J connectivity index is 0.000000284. The maximum Gasteiger partial charge on any atom is 0.328 e. The summed E-state index contributed by atoms with van der Waals surface area (Å²) in [6.45, 7) is 3.30. The van der Waals surface area contributed by atoms with Crippen LogP contribution in [0.5, 0.6) is 0 Å². The van der Waals surface area contributed by atoms with E-state index in [0.717, 1.165) is 13.0 Å². The molecule has 0 aliphatic carbocycles. The van der Waals surface area contributed by atoms with Gasteiger partial charge in [0.2, 0.25) is 0 Å². The summed E-state index contributed by atoms with van der Waals surface area (Å²) in [6.07, 6.45) is 6.56. The Morgan fingerprint density at radius 1 is 1.17 bits per heavy atom. The van der Waals surface area contributed by atoms with Gasteiger partial charge in [0, 0.05) is 36.6 Å². The van der Waals surface area contributed by atoms with E-state index < -0.39 is 11.9 Å². The van der Waals surface area contributed by atoms with Crippen LogP contribution in [0, 0.1) is 6.92 Å². The SMILES string of the molecule is Cc1cn2ccccc2c1CCN(C)C.O=C(O)/C=C\C(=O)O. The predicted molar refractivity (Wildman–Crippen MR) is 88.8 cm³/mol. The average molecular weight is 318 g/mol. The van der Waals surface area contributed by atoms with Gasteiger partial charge >= 0.3 is 11.9 Å². The second-order valence-corrected chi connectivity index (χ2v) is 5.35. The number of hydrogen-bond donors (Lipinski definition) is 2. The van der Waals surface area contributed by atoms with E-state index in [9.17, 15) is 9.59 Å². The van der Waals surface area contributed by atoms with Gasteiger partial charge in [-0.2, -0.15) is 0 Å². The van der Waals surface area contributed by atoms with Crippen molar-refractivity contribution >= 4 is 17.5 Å². The van der Waals surface area contributed by atoms with E-state index in [1.54, 1.807) is 0 Å². The molecule has 2 heterocycles. The Morgan fingerprint density at radius 3 is 2.30 bits per heavy atom. The van der Waals surface area contributed by atoms with Gasteiger partial charge in [0.05, 0.1) is 0 Å². The first kappa shape index (κ1) is 18.4. The van der Waals surface area contributed by atoms with Crippen LogP contribution in [0.4, 0.5) is 0 Å². The van der Waals surface area contributed by atoms with Gasteiger partial charge in [-0.1, -0.05) is 6.07 Å². The monoisotopic (exact) mass is 318 g/mol. The first-order valence-corrected chi connectivity index (χ1v) is 7.15. The topological polar surface area (TPSA) is 82.2 Å². The fourth-order valence-electron chi connectivity index (χ4n) is 2.12. The lowest BCUT2D eigenvalue weighted by Gasteiger charge is -2.09. The van der Waals surface area contributed by atoms with Gasteiger partial charge in [-0.15, -0.1) is 0 Å². The van der Waals surface area contributed by atoms with Crippen molar-refractivity contribution in [3.8, 4) is 0 Å². The van der Waals surface area contributed by atoms with E-state index in [4.69, 9.17) is 10.2 Å². The van der Waals surface area contributed by atoms with Crippen molar-refractivity contribution in [2.75, 3.05) is 20.6 Å². The molecule has 6 heteroatoms. The summed E-state index contributed by atoms with van der Waals surface area (Å²) in [5.74, 6) is -2.51. The minimum Gasteiger partial charge on any atom is -0.478 e. The van der Waals surface area contributed by atoms with Crippen molar-refractivity contribution in [3.05, 3.63) is 53.9 Å². The maximum atomic E-state index is 9.55. The summed E-state index contributed by atoms with van der Waals surface area (Å²) >= 11 is 0. The molecule has 0 saturated carbocycles. The van der Waals surface area contributed by atoms with Crippen LogP contribution in [0.2, 0.25) is 0 Å². The molecule has 0 bridgehead atoms. The molecule has 2 N–H and O–H groups in total. The third-order valence-electron chi connectivity index (χ3n) is 3.19. The lowest BCUT2D eigenvalue weighted by molar-refractivity contribution is -0.134.